The van der Waals surface area contributed by atoms with Crippen LogP contribution >= 0.6 is 0 Å². The number of ketones is 1. The average molecular weight is 338 g/mol. The zero-order valence-electron chi connectivity index (χ0n) is 13.4. The number of nitrogens with zero attached hydrogens (tertiary/aromatic N) is 2. The van der Waals surface area contributed by atoms with Crippen LogP contribution in [0.5, 0.6) is 0 Å². The number of aromatic nitrogens is 2. The maximum atomic E-state index is 12.8. The van der Waals surface area contributed by atoms with E-state index in [1.54, 1.807) is 6.07 Å². The molecule has 0 saturated heterocycles. The van der Waals surface area contributed by atoms with Gasteiger partial charge in [0.1, 0.15) is 5.56 Å². The van der Waals surface area contributed by atoms with Crippen molar-refractivity contribution in [3.63, 3.8) is 0 Å². The summed E-state index contributed by atoms with van der Waals surface area (Å²) in [5.74, 6) is -0.364. The van der Waals surface area contributed by atoms with E-state index in [0.29, 0.717) is 11.6 Å². The molecule has 24 heavy (non-hydrogen) atoms. The lowest BCUT2D eigenvalue weighted by Crippen LogP contribution is -2.30. The minimum Gasteiger partial charge on any atom is -0.345 e. The molecule has 1 aliphatic carbocycles. The zero-order valence-corrected chi connectivity index (χ0v) is 13.4. The second-order valence-corrected chi connectivity index (χ2v) is 6.16. The summed E-state index contributed by atoms with van der Waals surface area (Å²) in [6.45, 7) is 3.32. The molecule has 2 aromatic rings. The molecule has 0 N–H and O–H groups in total. The molecular formula is C17H17F3N2O2. The third kappa shape index (κ3) is 2.90. The molecule has 128 valence electrons. The number of alkyl halides is 3. The van der Waals surface area contributed by atoms with Crippen LogP contribution in [0.1, 0.15) is 46.2 Å². The van der Waals surface area contributed by atoms with Gasteiger partial charge in [0.05, 0.1) is 6.54 Å². The summed E-state index contributed by atoms with van der Waals surface area (Å²) in [6.07, 6.45) is -1.39. The Kier molecular flexibility index (Phi) is 3.89. The van der Waals surface area contributed by atoms with Crippen molar-refractivity contribution in [2.75, 3.05) is 0 Å². The number of Topliss-reactive ketones (excluding diaryl/α,β-unsaturated/α-hetero) is 1. The van der Waals surface area contributed by atoms with Crippen LogP contribution in [0.25, 0.3) is 0 Å². The fourth-order valence-electron chi connectivity index (χ4n) is 3.07. The molecule has 2 aromatic heterocycles. The second kappa shape index (κ2) is 5.65. The van der Waals surface area contributed by atoms with Crippen LogP contribution in [0.3, 0.4) is 0 Å². The van der Waals surface area contributed by atoms with Crippen molar-refractivity contribution in [3.05, 3.63) is 57.3 Å². The molecule has 4 nitrogen and oxygen atoms in total. The summed E-state index contributed by atoms with van der Waals surface area (Å²) in [4.78, 5) is 24.4. The molecular weight excluding hydrogens is 321 g/mol. The minimum atomic E-state index is -4.73. The number of aryl methyl sites for hydroxylation is 1. The van der Waals surface area contributed by atoms with Gasteiger partial charge in [-0.2, -0.15) is 13.2 Å². The lowest BCUT2D eigenvalue weighted by molar-refractivity contribution is -0.138. The van der Waals surface area contributed by atoms with Crippen molar-refractivity contribution >= 4 is 5.78 Å². The lowest BCUT2D eigenvalue weighted by Gasteiger charge is -2.10. The van der Waals surface area contributed by atoms with E-state index in [2.05, 4.69) is 4.57 Å². The van der Waals surface area contributed by atoms with Gasteiger partial charge in [-0.15, -0.1) is 0 Å². The Morgan fingerprint density at radius 1 is 1.29 bits per heavy atom. The van der Waals surface area contributed by atoms with Crippen molar-refractivity contribution in [2.45, 2.75) is 45.5 Å². The predicted octanol–water partition coefficient (Wildman–Crippen LogP) is 3.50. The number of hydrogen-bond donors (Lipinski definition) is 0. The van der Waals surface area contributed by atoms with Crippen molar-refractivity contribution < 1.29 is 18.0 Å². The molecule has 0 unspecified atom stereocenters. The van der Waals surface area contributed by atoms with Gasteiger partial charge in [-0.1, -0.05) is 0 Å². The Bertz CT molecular complexity index is 858. The Morgan fingerprint density at radius 3 is 2.54 bits per heavy atom. The quantitative estimate of drug-likeness (QED) is 0.801. The van der Waals surface area contributed by atoms with Crippen molar-refractivity contribution in [1.29, 1.82) is 0 Å². The van der Waals surface area contributed by atoms with E-state index >= 15 is 0 Å². The van der Waals surface area contributed by atoms with Gasteiger partial charge < -0.3 is 9.13 Å². The molecule has 0 aliphatic heterocycles. The van der Waals surface area contributed by atoms with Gasteiger partial charge in [-0.25, -0.2) is 0 Å². The summed E-state index contributed by atoms with van der Waals surface area (Å²) < 4.78 is 41.3. The van der Waals surface area contributed by atoms with E-state index < -0.39 is 23.8 Å². The first-order valence-corrected chi connectivity index (χ1v) is 7.68. The van der Waals surface area contributed by atoms with Crippen molar-refractivity contribution in [1.82, 2.24) is 9.13 Å². The molecule has 2 heterocycles. The van der Waals surface area contributed by atoms with Gasteiger partial charge in [-0.05, 0) is 44.9 Å². The summed E-state index contributed by atoms with van der Waals surface area (Å²) in [5.41, 5.74) is -0.242. The van der Waals surface area contributed by atoms with Gasteiger partial charge in [0.15, 0.2) is 5.78 Å². The summed E-state index contributed by atoms with van der Waals surface area (Å²) in [6, 6.07) is 4.00. The van der Waals surface area contributed by atoms with Gasteiger partial charge in [0, 0.05) is 29.2 Å². The van der Waals surface area contributed by atoms with E-state index in [4.69, 9.17) is 0 Å². The molecule has 0 spiro atoms. The minimum absolute atomic E-state index is 0.364. The Hall–Kier alpha value is -2.31. The summed E-state index contributed by atoms with van der Waals surface area (Å²) in [7, 11) is 0. The number of halogens is 3. The third-order valence-corrected chi connectivity index (χ3v) is 4.34. The third-order valence-electron chi connectivity index (χ3n) is 4.34. The van der Waals surface area contributed by atoms with E-state index in [9.17, 15) is 22.8 Å². The standard InChI is InChI=1S/C17H17F3N2O2/c1-10-8-13(11(2)22(10)12-5-6-12)15(23)9-21-7-3-4-14(16(21)24)17(18,19)20/h3-4,7-8,12H,5-6,9H2,1-2H3. The predicted molar refractivity (Wildman–Crippen MR) is 82.2 cm³/mol. The van der Waals surface area contributed by atoms with Crippen LogP contribution in [0.15, 0.2) is 29.2 Å². The van der Waals surface area contributed by atoms with Crippen molar-refractivity contribution in [2.24, 2.45) is 0 Å². The molecule has 1 saturated carbocycles. The average Bonchev–Trinajstić information content (AvgIpc) is 3.26. The smallest absolute Gasteiger partial charge is 0.345 e. The number of carbonyl (C=O) groups is 1. The highest BCUT2D eigenvalue weighted by atomic mass is 19.4. The zero-order chi connectivity index (χ0) is 17.6. The first kappa shape index (κ1) is 16.5. The van der Waals surface area contributed by atoms with Gasteiger partial charge in [0.25, 0.3) is 5.56 Å². The molecule has 7 heteroatoms. The van der Waals surface area contributed by atoms with Crippen LogP contribution in [-0.2, 0) is 12.7 Å². The molecule has 0 radical (unpaired) electrons. The molecule has 1 aliphatic rings. The fourth-order valence-corrected chi connectivity index (χ4v) is 3.07. The molecule has 0 atom stereocenters. The first-order chi connectivity index (χ1) is 11.2. The highest BCUT2D eigenvalue weighted by molar-refractivity contribution is 5.97. The van der Waals surface area contributed by atoms with E-state index in [1.807, 2.05) is 13.8 Å². The molecule has 1 fully saturated rings. The number of hydrogen-bond acceptors (Lipinski definition) is 2. The van der Waals surface area contributed by atoms with E-state index in [0.717, 1.165) is 40.9 Å². The normalized spacial score (nSPS) is 14.9. The van der Waals surface area contributed by atoms with Crippen LogP contribution < -0.4 is 5.56 Å². The van der Waals surface area contributed by atoms with Gasteiger partial charge in [-0.3, -0.25) is 9.59 Å². The van der Waals surface area contributed by atoms with Crippen LogP contribution in [0.2, 0.25) is 0 Å². The highest BCUT2D eigenvalue weighted by Crippen LogP contribution is 2.38. The largest absolute Gasteiger partial charge is 0.421 e. The summed E-state index contributed by atoms with van der Waals surface area (Å²) in [5, 5.41) is 0. The Balaban J connectivity index is 1.91. The summed E-state index contributed by atoms with van der Waals surface area (Å²) >= 11 is 0. The number of rotatable bonds is 4. The maximum Gasteiger partial charge on any atom is 0.421 e. The van der Waals surface area contributed by atoms with Crippen molar-refractivity contribution in [3.8, 4) is 0 Å². The van der Waals surface area contributed by atoms with Crippen LogP contribution in [-0.4, -0.2) is 14.9 Å². The molecule has 3 rings (SSSR count). The molecule has 0 aromatic carbocycles. The van der Waals surface area contributed by atoms with Crippen LogP contribution in [0.4, 0.5) is 13.2 Å². The van der Waals surface area contributed by atoms with Gasteiger partial charge >= 0.3 is 6.18 Å². The van der Waals surface area contributed by atoms with Crippen LogP contribution in [0, 0.1) is 13.8 Å². The Morgan fingerprint density at radius 2 is 1.96 bits per heavy atom. The number of carbonyl (C=O) groups excluding carboxylic acids is 1. The molecule has 0 bridgehead atoms. The SMILES string of the molecule is Cc1cc(C(=O)Cn2cccc(C(F)(F)F)c2=O)c(C)n1C1CC1. The first-order valence-electron chi connectivity index (χ1n) is 7.68. The van der Waals surface area contributed by atoms with E-state index in [-0.39, 0.29) is 5.78 Å². The fraction of sp³-hybridized carbons (Fsp3) is 0.412. The monoisotopic (exact) mass is 338 g/mol. The lowest BCUT2D eigenvalue weighted by atomic mass is 10.1. The molecule has 0 amide bonds. The maximum absolute atomic E-state index is 12.8. The second-order valence-electron chi connectivity index (χ2n) is 6.16. The Labute approximate surface area is 136 Å². The van der Waals surface area contributed by atoms with E-state index in [1.165, 1.54) is 6.20 Å². The highest BCUT2D eigenvalue weighted by Gasteiger charge is 2.34. The number of pyridine rings is 1. The topological polar surface area (TPSA) is 44.0 Å². The van der Waals surface area contributed by atoms with Gasteiger partial charge in [0.2, 0.25) is 0 Å².